The highest BCUT2D eigenvalue weighted by Crippen LogP contribution is 2.42. The monoisotopic (exact) mass is 544 g/mol. The first-order valence-corrected chi connectivity index (χ1v) is 13.7. The second-order valence-corrected chi connectivity index (χ2v) is 10.8. The fraction of sp³-hybridized carbons (Fsp3) is 0.692. The van der Waals surface area contributed by atoms with Crippen molar-refractivity contribution in [3.05, 3.63) is 34.4 Å². The third kappa shape index (κ3) is 7.67. The van der Waals surface area contributed by atoms with Crippen LogP contribution in [0.4, 0.5) is 18.4 Å². The van der Waals surface area contributed by atoms with Crippen molar-refractivity contribution in [2.75, 3.05) is 26.2 Å². The van der Waals surface area contributed by atoms with Gasteiger partial charge in [-0.3, -0.25) is 5.01 Å². The number of carboxylic acid groups (broad SMARTS) is 1. The maximum Gasteiger partial charge on any atom is 0.404 e. The standard InChI is InChI=1S/C26H39ClF2N4O4/c27-22-21(28)12-11-20(23(22)29)26(37,13-6-14-31-24(34)35)19-10-5-15-32(17-19)25(36)33(30)16-4-9-18-7-2-1-3-8-18/h11-12,18-19,31,37H,1-10,13-17,30H2,(H,34,35). The number of benzene rings is 1. The van der Waals surface area contributed by atoms with E-state index in [4.69, 9.17) is 22.6 Å². The third-order valence-corrected chi connectivity index (χ3v) is 8.21. The molecule has 0 spiro atoms. The van der Waals surface area contributed by atoms with E-state index in [1.807, 2.05) is 0 Å². The first-order chi connectivity index (χ1) is 17.6. The molecule has 1 aliphatic carbocycles. The van der Waals surface area contributed by atoms with Crippen molar-refractivity contribution in [1.29, 1.82) is 0 Å². The number of aliphatic hydroxyl groups is 1. The quantitative estimate of drug-likeness (QED) is 0.106. The molecular weight excluding hydrogens is 506 g/mol. The van der Waals surface area contributed by atoms with Crippen LogP contribution in [0.3, 0.4) is 0 Å². The summed E-state index contributed by atoms with van der Waals surface area (Å²) in [5.41, 5.74) is -1.95. The van der Waals surface area contributed by atoms with E-state index in [0.29, 0.717) is 31.8 Å². The van der Waals surface area contributed by atoms with E-state index in [1.165, 1.54) is 43.2 Å². The Hall–Kier alpha value is -2.17. The number of urea groups is 1. The number of likely N-dealkylation sites (tertiary alicyclic amines) is 1. The normalized spacial score (nSPS) is 20.4. The van der Waals surface area contributed by atoms with Gasteiger partial charge in [0.05, 0.1) is 5.60 Å². The molecule has 2 fully saturated rings. The molecule has 1 heterocycles. The van der Waals surface area contributed by atoms with Gasteiger partial charge in [-0.25, -0.2) is 24.2 Å². The smallest absolute Gasteiger partial charge is 0.404 e. The Kier molecular flexibility index (Phi) is 10.8. The Labute approximate surface area is 222 Å². The number of rotatable bonds is 10. The summed E-state index contributed by atoms with van der Waals surface area (Å²) in [6.45, 7) is 1.06. The van der Waals surface area contributed by atoms with Gasteiger partial charge in [0.1, 0.15) is 10.8 Å². The number of piperidine rings is 1. The second kappa shape index (κ2) is 13.6. The summed E-state index contributed by atoms with van der Waals surface area (Å²) in [5, 5.41) is 23.4. The molecule has 11 heteroatoms. The summed E-state index contributed by atoms with van der Waals surface area (Å²) >= 11 is 5.82. The highest BCUT2D eigenvalue weighted by atomic mass is 35.5. The molecule has 8 nitrogen and oxygen atoms in total. The Balaban J connectivity index is 1.69. The van der Waals surface area contributed by atoms with Gasteiger partial charge < -0.3 is 20.4 Å². The number of halogens is 3. The van der Waals surface area contributed by atoms with Crippen LogP contribution in [-0.4, -0.2) is 58.4 Å². The van der Waals surface area contributed by atoms with E-state index in [-0.39, 0.29) is 37.5 Å². The maximum atomic E-state index is 15.1. The van der Waals surface area contributed by atoms with Crippen LogP contribution in [0.5, 0.6) is 0 Å². The van der Waals surface area contributed by atoms with Crippen LogP contribution in [0, 0.1) is 23.5 Å². The van der Waals surface area contributed by atoms with Gasteiger partial charge in [0.15, 0.2) is 5.82 Å². The molecule has 0 radical (unpaired) electrons. The highest BCUT2D eigenvalue weighted by Gasteiger charge is 2.43. The first kappa shape index (κ1) is 29.4. The average molecular weight is 545 g/mol. The molecule has 3 rings (SSSR count). The van der Waals surface area contributed by atoms with Crippen molar-refractivity contribution < 1.29 is 28.6 Å². The largest absolute Gasteiger partial charge is 0.465 e. The minimum atomic E-state index is -1.79. The van der Waals surface area contributed by atoms with Crippen LogP contribution < -0.4 is 11.2 Å². The lowest BCUT2D eigenvalue weighted by atomic mass is 9.74. The van der Waals surface area contributed by atoms with Crippen molar-refractivity contribution in [2.24, 2.45) is 17.7 Å². The zero-order valence-corrected chi connectivity index (χ0v) is 22.0. The predicted octanol–water partition coefficient (Wildman–Crippen LogP) is 5.22. The fourth-order valence-electron chi connectivity index (χ4n) is 5.82. The van der Waals surface area contributed by atoms with Gasteiger partial charge in [-0.2, -0.15) is 0 Å². The fourth-order valence-corrected chi connectivity index (χ4v) is 5.98. The molecule has 2 atom stereocenters. The van der Waals surface area contributed by atoms with Gasteiger partial charge in [0, 0.05) is 37.7 Å². The first-order valence-electron chi connectivity index (χ1n) is 13.3. The van der Waals surface area contributed by atoms with Crippen LogP contribution in [-0.2, 0) is 5.60 Å². The molecule has 2 unspecified atom stereocenters. The minimum absolute atomic E-state index is 0.00736. The molecule has 208 valence electrons. The van der Waals surface area contributed by atoms with Crippen molar-refractivity contribution in [2.45, 2.75) is 76.2 Å². The van der Waals surface area contributed by atoms with Crippen molar-refractivity contribution in [3.63, 3.8) is 0 Å². The Morgan fingerprint density at radius 1 is 1.16 bits per heavy atom. The van der Waals surface area contributed by atoms with Crippen molar-refractivity contribution in [1.82, 2.24) is 15.2 Å². The van der Waals surface area contributed by atoms with E-state index in [0.717, 1.165) is 18.9 Å². The molecular formula is C26H39ClF2N4O4. The highest BCUT2D eigenvalue weighted by molar-refractivity contribution is 6.31. The topological polar surface area (TPSA) is 119 Å². The molecule has 1 aromatic carbocycles. The number of carbonyl (C=O) groups is 2. The van der Waals surface area contributed by atoms with Crippen molar-refractivity contribution >= 4 is 23.7 Å². The van der Waals surface area contributed by atoms with E-state index in [9.17, 15) is 19.1 Å². The molecule has 0 aromatic heterocycles. The number of hydrogen-bond donors (Lipinski definition) is 4. The summed E-state index contributed by atoms with van der Waals surface area (Å²) in [6.07, 6.45) is 8.20. The molecule has 0 bridgehead atoms. The number of nitrogens with one attached hydrogen (secondary N) is 1. The Morgan fingerprint density at radius 2 is 1.89 bits per heavy atom. The average Bonchev–Trinajstić information content (AvgIpc) is 2.89. The Bertz CT molecular complexity index is 934. The lowest BCUT2D eigenvalue weighted by Gasteiger charge is -2.43. The summed E-state index contributed by atoms with van der Waals surface area (Å²) in [6, 6.07) is 1.82. The van der Waals surface area contributed by atoms with Gasteiger partial charge in [0.25, 0.3) is 0 Å². The van der Waals surface area contributed by atoms with Crippen LogP contribution in [0.15, 0.2) is 12.1 Å². The van der Waals surface area contributed by atoms with Gasteiger partial charge in [-0.1, -0.05) is 49.8 Å². The van der Waals surface area contributed by atoms with Crippen LogP contribution in [0.2, 0.25) is 5.02 Å². The molecule has 1 saturated heterocycles. The molecule has 1 saturated carbocycles. The molecule has 1 aliphatic heterocycles. The predicted molar refractivity (Wildman–Crippen MR) is 137 cm³/mol. The van der Waals surface area contributed by atoms with Gasteiger partial charge in [-0.05, 0) is 50.5 Å². The lowest BCUT2D eigenvalue weighted by molar-refractivity contribution is -0.0591. The van der Waals surface area contributed by atoms with E-state index < -0.39 is 34.3 Å². The Morgan fingerprint density at radius 3 is 2.59 bits per heavy atom. The number of nitrogens with zero attached hydrogens (tertiary/aromatic N) is 2. The number of hydrogen-bond acceptors (Lipinski definition) is 4. The summed E-state index contributed by atoms with van der Waals surface area (Å²) in [4.78, 5) is 25.5. The zero-order chi connectivity index (χ0) is 27.0. The van der Waals surface area contributed by atoms with Crippen LogP contribution in [0.1, 0.15) is 76.2 Å². The molecule has 2 aliphatic rings. The molecule has 1 aromatic rings. The number of hydrazine groups is 1. The molecule has 37 heavy (non-hydrogen) atoms. The van der Waals surface area contributed by atoms with E-state index in [1.54, 1.807) is 4.90 Å². The van der Waals surface area contributed by atoms with Gasteiger partial charge in [0.2, 0.25) is 0 Å². The van der Waals surface area contributed by atoms with Crippen molar-refractivity contribution in [3.8, 4) is 0 Å². The third-order valence-electron chi connectivity index (χ3n) is 7.86. The molecule has 5 N–H and O–H groups in total. The number of carbonyl (C=O) groups excluding carboxylic acids is 1. The van der Waals surface area contributed by atoms with Gasteiger partial charge >= 0.3 is 12.1 Å². The molecule has 3 amide bonds. The van der Waals surface area contributed by atoms with E-state index in [2.05, 4.69) is 5.32 Å². The second-order valence-electron chi connectivity index (χ2n) is 10.4. The van der Waals surface area contributed by atoms with Crippen LogP contribution in [0.25, 0.3) is 0 Å². The summed E-state index contributed by atoms with van der Waals surface area (Å²) < 4.78 is 28.9. The summed E-state index contributed by atoms with van der Waals surface area (Å²) in [5.74, 6) is 4.23. The number of nitrogens with two attached hydrogens (primary N) is 1. The number of amides is 3. The maximum absolute atomic E-state index is 15.1. The van der Waals surface area contributed by atoms with E-state index >= 15 is 4.39 Å². The summed E-state index contributed by atoms with van der Waals surface area (Å²) in [7, 11) is 0. The lowest BCUT2D eigenvalue weighted by Crippen LogP contribution is -2.54. The van der Waals surface area contributed by atoms with Crippen LogP contribution >= 0.6 is 11.6 Å². The SMILES string of the molecule is NN(CCCC1CCCCC1)C(=O)N1CCCC(C(O)(CCCNC(=O)O)c2ccc(F)c(Cl)c2F)C1. The zero-order valence-electron chi connectivity index (χ0n) is 21.2. The van der Waals surface area contributed by atoms with Gasteiger partial charge in [-0.15, -0.1) is 0 Å². The minimum Gasteiger partial charge on any atom is -0.465 e.